The summed E-state index contributed by atoms with van der Waals surface area (Å²) >= 11 is 0. The van der Waals surface area contributed by atoms with Crippen molar-refractivity contribution in [1.29, 1.82) is 0 Å². The van der Waals surface area contributed by atoms with Gasteiger partial charge in [-0.05, 0) is 13.8 Å². The predicted molar refractivity (Wildman–Crippen MR) is 85.1 cm³/mol. The van der Waals surface area contributed by atoms with Crippen LogP contribution >= 0.6 is 0 Å². The van der Waals surface area contributed by atoms with Gasteiger partial charge in [-0.2, -0.15) is 0 Å². The Hall–Kier alpha value is -1.37. The van der Waals surface area contributed by atoms with Crippen molar-refractivity contribution in [3.05, 3.63) is 24.7 Å². The molecule has 0 bridgehead atoms. The quantitative estimate of drug-likeness (QED) is 0.264. The van der Waals surface area contributed by atoms with E-state index in [1.807, 2.05) is 0 Å². The summed E-state index contributed by atoms with van der Waals surface area (Å²) in [5, 5.41) is 0. The smallest absolute Gasteiger partial charge is 0.312 e. The van der Waals surface area contributed by atoms with E-state index in [0.29, 0.717) is 24.5 Å². The maximum absolute atomic E-state index is 11.5. The Morgan fingerprint density at radius 3 is 2.14 bits per heavy atom. The third-order valence-corrected chi connectivity index (χ3v) is 3.33. The molecule has 1 saturated heterocycles. The number of rotatable bonds is 10. The van der Waals surface area contributed by atoms with E-state index < -0.39 is 0 Å². The molecule has 126 valence electrons. The first-order valence-corrected chi connectivity index (χ1v) is 7.64. The molecule has 0 spiro atoms. The molecule has 0 N–H and O–H groups in total. The fraction of sp³-hybridized carbons (Fsp3) is 0.688. The molecule has 1 rings (SSSR count). The van der Waals surface area contributed by atoms with Crippen LogP contribution in [0.25, 0.3) is 0 Å². The molecule has 0 saturated carbocycles. The lowest BCUT2D eigenvalue weighted by molar-refractivity contribution is -0.139. The normalized spacial score (nSPS) is 16.3. The number of carbonyl (C=O) groups is 1. The third kappa shape index (κ3) is 8.81. The van der Waals surface area contributed by atoms with Gasteiger partial charge in [0.15, 0.2) is 6.79 Å². The van der Waals surface area contributed by atoms with Crippen molar-refractivity contribution in [3.8, 4) is 0 Å². The van der Waals surface area contributed by atoms with Gasteiger partial charge in [-0.15, -0.1) is 0 Å². The molecule has 22 heavy (non-hydrogen) atoms. The highest BCUT2D eigenvalue weighted by Gasteiger charge is 2.17. The van der Waals surface area contributed by atoms with Crippen molar-refractivity contribution in [2.75, 3.05) is 52.7 Å². The second kappa shape index (κ2) is 10.4. The van der Waals surface area contributed by atoms with Crippen LogP contribution in [-0.2, 0) is 19.0 Å². The minimum absolute atomic E-state index is 0.208. The van der Waals surface area contributed by atoms with E-state index in [1.54, 1.807) is 13.8 Å². The summed E-state index contributed by atoms with van der Waals surface area (Å²) in [7, 11) is 0. The van der Waals surface area contributed by atoms with Crippen molar-refractivity contribution in [3.63, 3.8) is 0 Å². The number of esters is 1. The highest BCUT2D eigenvalue weighted by Crippen LogP contribution is 2.04. The molecular weight excluding hydrogens is 284 g/mol. The number of piperazine rings is 1. The van der Waals surface area contributed by atoms with Gasteiger partial charge in [-0.3, -0.25) is 9.69 Å². The van der Waals surface area contributed by atoms with Crippen LogP contribution in [0.15, 0.2) is 24.7 Å². The summed E-state index contributed by atoms with van der Waals surface area (Å²) in [6, 6.07) is 0. The van der Waals surface area contributed by atoms with E-state index in [9.17, 15) is 4.79 Å². The molecule has 6 nitrogen and oxygen atoms in total. The lowest BCUT2D eigenvalue weighted by atomic mass is 10.3. The first-order valence-electron chi connectivity index (χ1n) is 7.64. The first kappa shape index (κ1) is 18.7. The molecular formula is C16H28N2O4. The molecule has 1 fully saturated rings. The van der Waals surface area contributed by atoms with E-state index in [0.717, 1.165) is 39.3 Å². The predicted octanol–water partition coefficient (Wildman–Crippen LogP) is 1.60. The van der Waals surface area contributed by atoms with Gasteiger partial charge in [0.2, 0.25) is 0 Å². The monoisotopic (exact) mass is 312 g/mol. The van der Waals surface area contributed by atoms with Gasteiger partial charge in [-0.1, -0.05) is 13.2 Å². The maximum atomic E-state index is 11.5. The summed E-state index contributed by atoms with van der Waals surface area (Å²) in [5.41, 5.74) is 0. The van der Waals surface area contributed by atoms with Crippen LogP contribution in [0.3, 0.4) is 0 Å². The van der Waals surface area contributed by atoms with Gasteiger partial charge in [0.05, 0.1) is 24.5 Å². The number of hydrogen-bond donors (Lipinski definition) is 0. The molecule has 0 unspecified atom stereocenters. The Morgan fingerprint density at radius 2 is 1.59 bits per heavy atom. The van der Waals surface area contributed by atoms with Crippen LogP contribution in [0.4, 0.5) is 0 Å². The Balaban J connectivity index is 2.04. The van der Waals surface area contributed by atoms with Crippen LogP contribution in [-0.4, -0.2) is 68.4 Å². The Morgan fingerprint density at radius 1 is 1.00 bits per heavy atom. The zero-order valence-electron chi connectivity index (χ0n) is 13.8. The van der Waals surface area contributed by atoms with Crippen LogP contribution in [0.1, 0.15) is 20.3 Å². The second-order valence-corrected chi connectivity index (χ2v) is 5.48. The van der Waals surface area contributed by atoms with E-state index in [2.05, 4.69) is 23.0 Å². The van der Waals surface area contributed by atoms with Crippen molar-refractivity contribution in [2.45, 2.75) is 20.3 Å². The zero-order valence-corrected chi connectivity index (χ0v) is 13.8. The minimum atomic E-state index is -0.208. The van der Waals surface area contributed by atoms with Crippen LogP contribution in [0.5, 0.6) is 0 Å². The summed E-state index contributed by atoms with van der Waals surface area (Å²) in [5.74, 6) is 0.907. The van der Waals surface area contributed by atoms with Gasteiger partial charge >= 0.3 is 5.97 Å². The van der Waals surface area contributed by atoms with E-state index >= 15 is 0 Å². The lowest BCUT2D eigenvalue weighted by Gasteiger charge is -2.34. The average Bonchev–Trinajstić information content (AvgIpc) is 2.45. The highest BCUT2D eigenvalue weighted by atomic mass is 16.7. The summed E-state index contributed by atoms with van der Waals surface area (Å²) in [6.07, 6.45) is 0.411. The number of nitrogens with zero attached hydrogens (tertiary/aromatic N) is 2. The first-order chi connectivity index (χ1) is 10.5. The van der Waals surface area contributed by atoms with E-state index in [1.165, 1.54) is 0 Å². The largest absolute Gasteiger partial charge is 0.473 e. The molecule has 0 aromatic rings. The summed E-state index contributed by atoms with van der Waals surface area (Å²) in [4.78, 5) is 16.1. The van der Waals surface area contributed by atoms with Crippen molar-refractivity contribution >= 4 is 5.97 Å². The number of allylic oxidation sites excluding steroid dienone is 2. The number of hydrogen-bond acceptors (Lipinski definition) is 6. The highest BCUT2D eigenvalue weighted by molar-refractivity contribution is 5.70. The fourth-order valence-electron chi connectivity index (χ4n) is 2.13. The molecule has 0 radical (unpaired) electrons. The van der Waals surface area contributed by atoms with Gasteiger partial charge in [0, 0.05) is 39.3 Å². The third-order valence-electron chi connectivity index (χ3n) is 3.33. The molecule has 1 heterocycles. The molecule has 0 aliphatic carbocycles. The maximum Gasteiger partial charge on any atom is 0.312 e. The van der Waals surface area contributed by atoms with Crippen LogP contribution in [0, 0.1) is 0 Å². The Kier molecular flexibility index (Phi) is 8.81. The summed E-state index contributed by atoms with van der Waals surface area (Å²) in [6.45, 7) is 17.1. The Labute approximate surface area is 133 Å². The molecule has 1 aliphatic rings. The Bertz CT molecular complexity index is 376. The second-order valence-electron chi connectivity index (χ2n) is 5.48. The standard InChI is InChI=1S/C16H28N2O4/c1-14(2)21-13-20-12-11-18-9-7-17(8-10-18)6-5-16(19)22-15(3)4/h1,3,5-13H2,2,4H3. The molecule has 0 aromatic heterocycles. The van der Waals surface area contributed by atoms with E-state index in [4.69, 9.17) is 14.2 Å². The molecule has 1 aliphatic heterocycles. The van der Waals surface area contributed by atoms with Gasteiger partial charge in [0.25, 0.3) is 0 Å². The topological polar surface area (TPSA) is 51.2 Å². The zero-order chi connectivity index (χ0) is 16.4. The average molecular weight is 312 g/mol. The van der Waals surface area contributed by atoms with Crippen molar-refractivity contribution in [1.82, 2.24) is 9.80 Å². The van der Waals surface area contributed by atoms with E-state index in [-0.39, 0.29) is 12.8 Å². The minimum Gasteiger partial charge on any atom is -0.473 e. The van der Waals surface area contributed by atoms with Gasteiger partial charge in [0.1, 0.15) is 0 Å². The number of ether oxygens (including phenoxy) is 3. The van der Waals surface area contributed by atoms with Gasteiger partial charge < -0.3 is 19.1 Å². The van der Waals surface area contributed by atoms with Crippen LogP contribution < -0.4 is 0 Å². The molecule has 0 aromatic carbocycles. The van der Waals surface area contributed by atoms with Crippen molar-refractivity contribution < 1.29 is 19.0 Å². The number of carbonyl (C=O) groups excluding carboxylic acids is 1. The van der Waals surface area contributed by atoms with Gasteiger partial charge in [-0.25, -0.2) is 0 Å². The fourth-order valence-corrected chi connectivity index (χ4v) is 2.13. The SMILES string of the molecule is C=C(C)OCOCCN1CCN(CCC(=O)OC(=C)C)CC1. The van der Waals surface area contributed by atoms with Crippen LogP contribution in [0.2, 0.25) is 0 Å². The lowest BCUT2D eigenvalue weighted by Crippen LogP contribution is -2.47. The molecule has 0 atom stereocenters. The summed E-state index contributed by atoms with van der Waals surface area (Å²) < 4.78 is 15.5. The molecule has 6 heteroatoms. The molecule has 0 amide bonds. The van der Waals surface area contributed by atoms with Crippen molar-refractivity contribution in [2.24, 2.45) is 0 Å².